The summed E-state index contributed by atoms with van der Waals surface area (Å²) < 4.78 is 10.7. The standard InChI is InChI=1S/C15H27NO2/c1-3-5-6-14(4-2)12-18-10-8-16-11-15-7-9-17-13-15/h7,9,13-14,16H,3-6,8,10-12H2,1-2H3. The normalized spacial score (nSPS) is 12.8. The molecule has 0 aromatic carbocycles. The molecule has 0 saturated heterocycles. The smallest absolute Gasteiger partial charge is 0.0947 e. The summed E-state index contributed by atoms with van der Waals surface area (Å²) in [6, 6.07) is 1.98. The van der Waals surface area contributed by atoms with Gasteiger partial charge in [-0.25, -0.2) is 0 Å². The third-order valence-electron chi connectivity index (χ3n) is 3.23. The first kappa shape index (κ1) is 15.3. The van der Waals surface area contributed by atoms with Crippen molar-refractivity contribution in [3.05, 3.63) is 24.2 Å². The lowest BCUT2D eigenvalue weighted by Crippen LogP contribution is -2.20. The largest absolute Gasteiger partial charge is 0.472 e. The molecule has 1 N–H and O–H groups in total. The molecule has 0 spiro atoms. The van der Waals surface area contributed by atoms with Crippen LogP contribution in [0.1, 0.15) is 45.1 Å². The molecule has 0 amide bonds. The number of ether oxygens (including phenoxy) is 1. The van der Waals surface area contributed by atoms with Gasteiger partial charge in [0.25, 0.3) is 0 Å². The van der Waals surface area contributed by atoms with Gasteiger partial charge in [-0.3, -0.25) is 0 Å². The van der Waals surface area contributed by atoms with Crippen LogP contribution in [-0.2, 0) is 11.3 Å². The van der Waals surface area contributed by atoms with Gasteiger partial charge in [0.1, 0.15) is 0 Å². The second kappa shape index (κ2) is 10.2. The Kier molecular flexibility index (Phi) is 8.61. The Morgan fingerprint density at radius 3 is 2.94 bits per heavy atom. The Labute approximate surface area is 111 Å². The van der Waals surface area contributed by atoms with E-state index in [-0.39, 0.29) is 0 Å². The summed E-state index contributed by atoms with van der Waals surface area (Å²) in [6.45, 7) is 7.95. The maximum absolute atomic E-state index is 5.72. The lowest BCUT2D eigenvalue weighted by Gasteiger charge is -2.14. The third-order valence-corrected chi connectivity index (χ3v) is 3.23. The Hall–Kier alpha value is -0.800. The van der Waals surface area contributed by atoms with Crippen LogP contribution in [0.2, 0.25) is 0 Å². The van der Waals surface area contributed by atoms with Crippen LogP contribution in [0.5, 0.6) is 0 Å². The molecule has 1 rings (SSSR count). The zero-order valence-corrected chi connectivity index (χ0v) is 11.8. The topological polar surface area (TPSA) is 34.4 Å². The van der Waals surface area contributed by atoms with Crippen molar-refractivity contribution in [2.24, 2.45) is 5.92 Å². The maximum Gasteiger partial charge on any atom is 0.0947 e. The van der Waals surface area contributed by atoms with Gasteiger partial charge in [-0.2, -0.15) is 0 Å². The second-order valence-corrected chi connectivity index (χ2v) is 4.80. The number of hydrogen-bond donors (Lipinski definition) is 1. The van der Waals surface area contributed by atoms with Gasteiger partial charge >= 0.3 is 0 Å². The lowest BCUT2D eigenvalue weighted by molar-refractivity contribution is 0.0955. The molecule has 3 heteroatoms. The fourth-order valence-electron chi connectivity index (χ4n) is 1.92. The van der Waals surface area contributed by atoms with Crippen molar-refractivity contribution in [3.8, 4) is 0 Å². The first-order valence-corrected chi connectivity index (χ1v) is 7.16. The molecule has 0 aliphatic rings. The maximum atomic E-state index is 5.72. The Morgan fingerprint density at radius 1 is 1.39 bits per heavy atom. The molecule has 18 heavy (non-hydrogen) atoms. The van der Waals surface area contributed by atoms with Crippen LogP contribution in [0.3, 0.4) is 0 Å². The first-order chi connectivity index (χ1) is 8.86. The zero-order valence-electron chi connectivity index (χ0n) is 11.8. The minimum Gasteiger partial charge on any atom is -0.472 e. The summed E-state index contributed by atoms with van der Waals surface area (Å²) in [6.07, 6.45) is 8.60. The van der Waals surface area contributed by atoms with Crippen LogP contribution in [0, 0.1) is 5.92 Å². The molecule has 0 bridgehead atoms. The van der Waals surface area contributed by atoms with E-state index >= 15 is 0 Å². The van der Waals surface area contributed by atoms with E-state index in [0.29, 0.717) is 0 Å². The fourth-order valence-corrected chi connectivity index (χ4v) is 1.92. The van der Waals surface area contributed by atoms with Gasteiger partial charge in [-0.1, -0.05) is 33.1 Å². The minimum absolute atomic E-state index is 0.735. The summed E-state index contributed by atoms with van der Waals surface area (Å²) in [5, 5.41) is 3.34. The summed E-state index contributed by atoms with van der Waals surface area (Å²) in [5.74, 6) is 0.735. The van der Waals surface area contributed by atoms with Crippen LogP contribution in [-0.4, -0.2) is 19.8 Å². The summed E-state index contributed by atoms with van der Waals surface area (Å²) in [5.41, 5.74) is 1.18. The van der Waals surface area contributed by atoms with Gasteiger partial charge in [-0.15, -0.1) is 0 Å². The molecular formula is C15H27NO2. The quantitative estimate of drug-likeness (QED) is 0.612. The molecule has 0 saturated carbocycles. The van der Waals surface area contributed by atoms with Gasteiger partial charge in [0.05, 0.1) is 19.1 Å². The number of hydrogen-bond acceptors (Lipinski definition) is 3. The molecule has 0 aliphatic carbocycles. The van der Waals surface area contributed by atoms with Gasteiger partial charge < -0.3 is 14.5 Å². The molecule has 0 radical (unpaired) electrons. The number of unbranched alkanes of at least 4 members (excludes halogenated alkanes) is 1. The van der Waals surface area contributed by atoms with Crippen molar-refractivity contribution in [3.63, 3.8) is 0 Å². The van der Waals surface area contributed by atoms with Crippen LogP contribution in [0.4, 0.5) is 0 Å². The van der Waals surface area contributed by atoms with E-state index in [4.69, 9.17) is 9.15 Å². The highest BCUT2D eigenvalue weighted by molar-refractivity contribution is 5.04. The highest BCUT2D eigenvalue weighted by atomic mass is 16.5. The van der Waals surface area contributed by atoms with Crippen LogP contribution < -0.4 is 5.32 Å². The number of rotatable bonds is 11. The molecule has 1 atom stereocenters. The lowest BCUT2D eigenvalue weighted by atomic mass is 10.0. The SMILES string of the molecule is CCCCC(CC)COCCNCc1ccoc1. The highest BCUT2D eigenvalue weighted by Crippen LogP contribution is 2.12. The summed E-state index contributed by atoms with van der Waals surface area (Å²) in [4.78, 5) is 0. The molecule has 3 nitrogen and oxygen atoms in total. The van der Waals surface area contributed by atoms with E-state index in [2.05, 4.69) is 19.2 Å². The van der Waals surface area contributed by atoms with Gasteiger partial charge in [0.2, 0.25) is 0 Å². The van der Waals surface area contributed by atoms with E-state index in [9.17, 15) is 0 Å². The van der Waals surface area contributed by atoms with Gasteiger partial charge in [0.15, 0.2) is 0 Å². The van der Waals surface area contributed by atoms with Gasteiger partial charge in [-0.05, 0) is 18.4 Å². The minimum atomic E-state index is 0.735. The van der Waals surface area contributed by atoms with Gasteiger partial charge in [0, 0.05) is 25.3 Å². The van der Waals surface area contributed by atoms with Crippen molar-refractivity contribution in [1.82, 2.24) is 5.32 Å². The van der Waals surface area contributed by atoms with E-state index in [1.54, 1.807) is 12.5 Å². The highest BCUT2D eigenvalue weighted by Gasteiger charge is 2.05. The Bertz CT molecular complexity index is 272. The van der Waals surface area contributed by atoms with E-state index in [1.165, 1.54) is 31.2 Å². The third kappa shape index (κ3) is 6.82. The zero-order chi connectivity index (χ0) is 13.1. The van der Waals surface area contributed by atoms with Crippen LogP contribution >= 0.6 is 0 Å². The fraction of sp³-hybridized carbons (Fsp3) is 0.733. The second-order valence-electron chi connectivity index (χ2n) is 4.80. The molecule has 1 unspecified atom stereocenters. The van der Waals surface area contributed by atoms with E-state index < -0.39 is 0 Å². The molecule has 1 aromatic heterocycles. The van der Waals surface area contributed by atoms with Crippen molar-refractivity contribution < 1.29 is 9.15 Å². The first-order valence-electron chi connectivity index (χ1n) is 7.16. The molecular weight excluding hydrogens is 226 g/mol. The summed E-state index contributed by atoms with van der Waals surface area (Å²) >= 11 is 0. The van der Waals surface area contributed by atoms with Crippen molar-refractivity contribution in [1.29, 1.82) is 0 Å². The number of furan rings is 1. The van der Waals surface area contributed by atoms with Crippen molar-refractivity contribution in [2.75, 3.05) is 19.8 Å². The van der Waals surface area contributed by atoms with Crippen molar-refractivity contribution >= 4 is 0 Å². The van der Waals surface area contributed by atoms with E-state index in [1.807, 2.05) is 6.07 Å². The summed E-state index contributed by atoms with van der Waals surface area (Å²) in [7, 11) is 0. The molecule has 0 aliphatic heterocycles. The Balaban J connectivity index is 1.93. The molecule has 1 aromatic rings. The Morgan fingerprint density at radius 2 is 2.28 bits per heavy atom. The average molecular weight is 253 g/mol. The van der Waals surface area contributed by atoms with Crippen molar-refractivity contribution in [2.45, 2.75) is 46.1 Å². The molecule has 0 fully saturated rings. The molecule has 1 heterocycles. The predicted octanol–water partition coefficient (Wildman–Crippen LogP) is 3.60. The average Bonchev–Trinajstić information content (AvgIpc) is 2.90. The predicted molar refractivity (Wildman–Crippen MR) is 74.5 cm³/mol. The molecule has 104 valence electrons. The van der Waals surface area contributed by atoms with E-state index in [0.717, 1.165) is 32.2 Å². The monoisotopic (exact) mass is 253 g/mol. The van der Waals surface area contributed by atoms with Crippen LogP contribution in [0.15, 0.2) is 23.0 Å². The number of nitrogens with one attached hydrogen (secondary N) is 1. The van der Waals surface area contributed by atoms with Crippen LogP contribution in [0.25, 0.3) is 0 Å².